The van der Waals surface area contributed by atoms with Gasteiger partial charge < -0.3 is 15.7 Å². The highest BCUT2D eigenvalue weighted by atomic mass is 19.1. The van der Waals surface area contributed by atoms with Crippen LogP contribution in [0.1, 0.15) is 24.2 Å². The molecule has 6 nitrogen and oxygen atoms in total. The molecule has 0 saturated heterocycles. The van der Waals surface area contributed by atoms with Crippen molar-refractivity contribution in [1.29, 1.82) is 0 Å². The number of nitrogens with one attached hydrogen (secondary N) is 2. The minimum atomic E-state index is -1.23. The summed E-state index contributed by atoms with van der Waals surface area (Å²) in [5.41, 5.74) is -0.397. The first-order valence-corrected chi connectivity index (χ1v) is 5.42. The van der Waals surface area contributed by atoms with Crippen LogP contribution in [0.5, 0.6) is 0 Å². The average Bonchev–Trinajstić information content (AvgIpc) is 2.30. The fourth-order valence-corrected chi connectivity index (χ4v) is 1.37. The van der Waals surface area contributed by atoms with Crippen molar-refractivity contribution >= 4 is 23.5 Å². The van der Waals surface area contributed by atoms with Gasteiger partial charge in [0.05, 0.1) is 11.3 Å². The number of aromatic carboxylic acids is 1. The van der Waals surface area contributed by atoms with E-state index < -0.39 is 29.6 Å². The molecule has 0 radical (unpaired) electrons. The summed E-state index contributed by atoms with van der Waals surface area (Å²) in [6.45, 7) is 2.67. The zero-order chi connectivity index (χ0) is 14.6. The molecule has 0 fully saturated rings. The van der Waals surface area contributed by atoms with Gasteiger partial charge in [0.1, 0.15) is 11.9 Å². The van der Waals surface area contributed by atoms with Crippen molar-refractivity contribution in [2.75, 3.05) is 5.32 Å². The van der Waals surface area contributed by atoms with Gasteiger partial charge in [-0.15, -0.1) is 0 Å². The Morgan fingerprint density at radius 2 is 1.95 bits per heavy atom. The van der Waals surface area contributed by atoms with Crippen LogP contribution in [0.15, 0.2) is 18.2 Å². The van der Waals surface area contributed by atoms with Crippen LogP contribution in [-0.2, 0) is 9.59 Å². The van der Waals surface area contributed by atoms with E-state index in [1.807, 2.05) is 0 Å². The maximum Gasteiger partial charge on any atom is 0.335 e. The predicted octanol–water partition coefficient (Wildman–Crippen LogP) is 0.987. The summed E-state index contributed by atoms with van der Waals surface area (Å²) in [6.07, 6.45) is 0. The fourth-order valence-electron chi connectivity index (χ4n) is 1.37. The Bertz CT molecular complexity index is 530. The lowest BCUT2D eigenvalue weighted by Gasteiger charge is -2.13. The Kier molecular flexibility index (Phi) is 4.57. The lowest BCUT2D eigenvalue weighted by atomic mass is 10.2. The highest BCUT2D eigenvalue weighted by Crippen LogP contribution is 2.16. The number of halogens is 1. The monoisotopic (exact) mass is 268 g/mol. The summed E-state index contributed by atoms with van der Waals surface area (Å²) >= 11 is 0. The van der Waals surface area contributed by atoms with Gasteiger partial charge in [0.15, 0.2) is 0 Å². The molecule has 1 rings (SSSR count). The van der Waals surface area contributed by atoms with Gasteiger partial charge in [-0.3, -0.25) is 9.59 Å². The van der Waals surface area contributed by atoms with E-state index in [0.717, 1.165) is 18.2 Å². The third-order valence-corrected chi connectivity index (χ3v) is 2.28. The quantitative estimate of drug-likeness (QED) is 0.758. The van der Waals surface area contributed by atoms with E-state index in [1.165, 1.54) is 13.8 Å². The molecule has 0 bridgehead atoms. The first kappa shape index (κ1) is 14.6. The van der Waals surface area contributed by atoms with Gasteiger partial charge >= 0.3 is 5.97 Å². The molecule has 19 heavy (non-hydrogen) atoms. The largest absolute Gasteiger partial charge is 0.478 e. The lowest BCUT2D eigenvalue weighted by Crippen LogP contribution is -2.40. The predicted molar refractivity (Wildman–Crippen MR) is 65.3 cm³/mol. The maximum absolute atomic E-state index is 13.4. The lowest BCUT2D eigenvalue weighted by molar-refractivity contribution is -0.124. The van der Waals surface area contributed by atoms with Gasteiger partial charge in [-0.25, -0.2) is 9.18 Å². The smallest absolute Gasteiger partial charge is 0.335 e. The molecule has 0 saturated carbocycles. The van der Waals surface area contributed by atoms with Crippen molar-refractivity contribution in [2.45, 2.75) is 19.9 Å². The first-order valence-electron chi connectivity index (χ1n) is 5.42. The number of benzene rings is 1. The summed E-state index contributed by atoms with van der Waals surface area (Å²) in [6, 6.07) is 2.19. The normalized spacial score (nSPS) is 11.5. The Morgan fingerprint density at radius 3 is 2.47 bits per heavy atom. The Balaban J connectivity index is 2.86. The van der Waals surface area contributed by atoms with E-state index in [-0.39, 0.29) is 11.3 Å². The number of carboxylic acids is 1. The Labute approximate surface area is 108 Å². The summed E-state index contributed by atoms with van der Waals surface area (Å²) < 4.78 is 13.4. The summed E-state index contributed by atoms with van der Waals surface area (Å²) in [4.78, 5) is 33.2. The van der Waals surface area contributed by atoms with Gasteiger partial charge in [0.25, 0.3) is 0 Å². The van der Waals surface area contributed by atoms with E-state index >= 15 is 0 Å². The van der Waals surface area contributed by atoms with Crippen LogP contribution >= 0.6 is 0 Å². The summed E-state index contributed by atoms with van der Waals surface area (Å²) in [7, 11) is 0. The van der Waals surface area contributed by atoms with E-state index in [9.17, 15) is 18.8 Å². The fraction of sp³-hybridized carbons (Fsp3) is 0.250. The average molecular weight is 268 g/mol. The third kappa shape index (κ3) is 4.06. The van der Waals surface area contributed by atoms with E-state index in [2.05, 4.69) is 10.6 Å². The van der Waals surface area contributed by atoms with Gasteiger partial charge in [-0.1, -0.05) is 0 Å². The number of anilines is 1. The van der Waals surface area contributed by atoms with Crippen LogP contribution in [0.2, 0.25) is 0 Å². The molecule has 0 aliphatic heterocycles. The molecular formula is C12H13FN2O4. The van der Waals surface area contributed by atoms with Gasteiger partial charge in [0, 0.05) is 6.92 Å². The van der Waals surface area contributed by atoms with Crippen molar-refractivity contribution in [1.82, 2.24) is 5.32 Å². The topological polar surface area (TPSA) is 95.5 Å². The van der Waals surface area contributed by atoms with Crippen LogP contribution in [0, 0.1) is 5.82 Å². The zero-order valence-electron chi connectivity index (χ0n) is 10.4. The van der Waals surface area contributed by atoms with Gasteiger partial charge in [-0.05, 0) is 25.1 Å². The molecule has 3 N–H and O–H groups in total. The van der Waals surface area contributed by atoms with Crippen LogP contribution in [-0.4, -0.2) is 28.9 Å². The second kappa shape index (κ2) is 5.94. The molecule has 0 aliphatic rings. The van der Waals surface area contributed by atoms with Crippen molar-refractivity contribution < 1.29 is 23.9 Å². The number of hydrogen-bond acceptors (Lipinski definition) is 3. The molecule has 1 aromatic rings. The van der Waals surface area contributed by atoms with Crippen LogP contribution in [0.4, 0.5) is 10.1 Å². The number of amides is 2. The molecule has 0 aliphatic carbocycles. The molecule has 0 aromatic heterocycles. The van der Waals surface area contributed by atoms with Crippen LogP contribution in [0.25, 0.3) is 0 Å². The van der Waals surface area contributed by atoms with Crippen molar-refractivity contribution in [3.63, 3.8) is 0 Å². The van der Waals surface area contributed by atoms with Crippen molar-refractivity contribution in [3.8, 4) is 0 Å². The van der Waals surface area contributed by atoms with E-state index in [4.69, 9.17) is 5.11 Å². The number of hydrogen-bond donors (Lipinski definition) is 3. The standard InChI is InChI=1S/C12H13FN2O4/c1-6(14-7(2)16)11(17)15-10-5-8(12(18)19)3-4-9(10)13/h3-6H,1-2H3,(H,14,16)(H,15,17)(H,18,19). The number of carboxylic acid groups (broad SMARTS) is 1. The van der Waals surface area contributed by atoms with Crippen molar-refractivity contribution in [3.05, 3.63) is 29.6 Å². The molecule has 7 heteroatoms. The number of rotatable bonds is 4. The minimum Gasteiger partial charge on any atom is -0.478 e. The Morgan fingerprint density at radius 1 is 1.32 bits per heavy atom. The third-order valence-electron chi connectivity index (χ3n) is 2.28. The Hall–Kier alpha value is -2.44. The highest BCUT2D eigenvalue weighted by molar-refractivity contribution is 5.98. The zero-order valence-corrected chi connectivity index (χ0v) is 10.4. The summed E-state index contributed by atoms with van der Waals surface area (Å²) in [5.74, 6) is -3.03. The number of carbonyl (C=O) groups is 3. The molecule has 102 valence electrons. The highest BCUT2D eigenvalue weighted by Gasteiger charge is 2.16. The molecule has 1 aromatic carbocycles. The molecule has 0 heterocycles. The minimum absolute atomic E-state index is 0.149. The summed E-state index contributed by atoms with van der Waals surface area (Å²) in [5, 5.41) is 13.3. The van der Waals surface area contributed by atoms with E-state index in [0.29, 0.717) is 0 Å². The van der Waals surface area contributed by atoms with E-state index in [1.54, 1.807) is 0 Å². The van der Waals surface area contributed by atoms with Crippen LogP contribution < -0.4 is 10.6 Å². The first-order chi connectivity index (χ1) is 8.81. The SMILES string of the molecule is CC(=O)NC(C)C(=O)Nc1cc(C(=O)O)ccc1F. The number of carbonyl (C=O) groups excluding carboxylic acids is 2. The molecule has 1 unspecified atom stereocenters. The molecule has 2 amide bonds. The van der Waals surface area contributed by atoms with Gasteiger partial charge in [-0.2, -0.15) is 0 Å². The second-order valence-corrected chi connectivity index (χ2v) is 3.91. The second-order valence-electron chi connectivity index (χ2n) is 3.91. The molecular weight excluding hydrogens is 255 g/mol. The van der Waals surface area contributed by atoms with Gasteiger partial charge in [0.2, 0.25) is 11.8 Å². The van der Waals surface area contributed by atoms with Crippen LogP contribution in [0.3, 0.4) is 0 Å². The molecule has 1 atom stereocenters. The molecule has 0 spiro atoms. The maximum atomic E-state index is 13.4. The van der Waals surface area contributed by atoms with Crippen molar-refractivity contribution in [2.24, 2.45) is 0 Å².